The molecule has 0 aromatic heterocycles. The molecule has 0 aromatic rings. The van der Waals surface area contributed by atoms with Crippen molar-refractivity contribution in [2.75, 3.05) is 0 Å². The van der Waals surface area contributed by atoms with Crippen molar-refractivity contribution in [2.45, 2.75) is 109 Å². The summed E-state index contributed by atoms with van der Waals surface area (Å²) in [4.78, 5) is 5.45. The Balaban J connectivity index is 0.00000225. The van der Waals surface area contributed by atoms with Crippen molar-refractivity contribution >= 4 is 8.24 Å². The Bertz CT molecular complexity index is 532. The van der Waals surface area contributed by atoms with Crippen LogP contribution in [0.2, 0.25) is 18.6 Å². The Morgan fingerprint density at radius 2 is 1.13 bits per heavy atom. The molecule has 4 aliphatic rings. The summed E-state index contributed by atoms with van der Waals surface area (Å²) in [6.07, 6.45) is 14.8. The molecule has 1 nitrogen and oxygen atoms in total. The zero-order valence-electron chi connectivity index (χ0n) is 22.3. The van der Waals surface area contributed by atoms with E-state index in [-0.39, 0.29) is 49.5 Å². The molecule has 4 saturated carbocycles. The minimum absolute atomic E-state index is 0. The molecular formula is C28H53NSiTi. The van der Waals surface area contributed by atoms with Gasteiger partial charge in [-0.25, -0.2) is 0 Å². The molecule has 4 rings (SSSR count). The summed E-state index contributed by atoms with van der Waals surface area (Å²) < 4.78 is 0. The first-order valence-corrected chi connectivity index (χ1v) is 15.1. The van der Waals surface area contributed by atoms with Crippen molar-refractivity contribution in [3.8, 4) is 0 Å². The van der Waals surface area contributed by atoms with Gasteiger partial charge in [0.2, 0.25) is 0 Å². The molecule has 0 radical (unpaired) electrons. The van der Waals surface area contributed by atoms with E-state index in [1.54, 1.807) is 5.57 Å². The van der Waals surface area contributed by atoms with Crippen LogP contribution in [-0.4, -0.2) is 13.8 Å². The maximum atomic E-state index is 5.45. The van der Waals surface area contributed by atoms with Gasteiger partial charge in [0.1, 0.15) is 0 Å². The largest absolute Gasteiger partial charge is 4.00 e. The summed E-state index contributed by atoms with van der Waals surface area (Å²) >= 11 is 0. The fourth-order valence-corrected chi connectivity index (χ4v) is 11.8. The molecule has 4 aliphatic carbocycles. The van der Waals surface area contributed by atoms with Gasteiger partial charge in [0.25, 0.3) is 0 Å². The molecule has 0 aliphatic heterocycles. The fourth-order valence-electron chi connectivity index (χ4n) is 8.16. The smallest absolute Gasteiger partial charge is 0.660 e. The Kier molecular flexibility index (Phi) is 12.1. The SMILES string of the molecule is C=C1C2CCCCC2C2CC([Si](C)(C)[N-]C(C)(C)C)CC2C2CCCCC12.[CH3-].[CH3-].[CH3-].[Ti+4]. The summed E-state index contributed by atoms with van der Waals surface area (Å²) in [5, 5.41) is 0. The maximum Gasteiger partial charge on any atom is 4.00 e. The first-order chi connectivity index (χ1) is 12.7. The maximum absolute atomic E-state index is 5.45. The zero-order valence-corrected chi connectivity index (χ0v) is 24.8. The van der Waals surface area contributed by atoms with Crippen LogP contribution in [-0.2, 0) is 21.7 Å². The van der Waals surface area contributed by atoms with Crippen molar-refractivity contribution in [1.82, 2.24) is 0 Å². The van der Waals surface area contributed by atoms with Gasteiger partial charge in [0.05, 0.1) is 0 Å². The molecule has 0 bridgehead atoms. The van der Waals surface area contributed by atoms with Gasteiger partial charge in [-0.2, -0.15) is 0 Å². The Morgan fingerprint density at radius 1 is 0.742 bits per heavy atom. The molecule has 0 saturated heterocycles. The van der Waals surface area contributed by atoms with E-state index in [9.17, 15) is 0 Å². The molecule has 178 valence electrons. The Labute approximate surface area is 213 Å². The van der Waals surface area contributed by atoms with E-state index in [1.807, 2.05) is 0 Å². The van der Waals surface area contributed by atoms with Crippen LogP contribution >= 0.6 is 0 Å². The summed E-state index contributed by atoms with van der Waals surface area (Å²) in [7, 11) is -1.54. The molecule has 0 spiro atoms. The molecule has 6 unspecified atom stereocenters. The van der Waals surface area contributed by atoms with E-state index >= 15 is 0 Å². The molecule has 0 aromatic carbocycles. The van der Waals surface area contributed by atoms with Crippen molar-refractivity contribution < 1.29 is 21.7 Å². The minimum atomic E-state index is -1.54. The van der Waals surface area contributed by atoms with Crippen LogP contribution in [0, 0.1) is 57.8 Å². The van der Waals surface area contributed by atoms with Gasteiger partial charge in [-0.15, -0.1) is 5.54 Å². The first kappa shape index (κ1) is 31.6. The van der Waals surface area contributed by atoms with E-state index in [4.69, 9.17) is 11.6 Å². The van der Waals surface area contributed by atoms with Crippen molar-refractivity contribution in [3.05, 3.63) is 39.4 Å². The van der Waals surface area contributed by atoms with Crippen molar-refractivity contribution in [3.63, 3.8) is 0 Å². The normalized spacial score (nSPS) is 37.3. The number of rotatable bonds is 2. The van der Waals surface area contributed by atoms with Crippen molar-refractivity contribution in [2.24, 2.45) is 35.5 Å². The minimum Gasteiger partial charge on any atom is -0.660 e. The van der Waals surface area contributed by atoms with E-state index in [1.165, 1.54) is 64.2 Å². The summed E-state index contributed by atoms with van der Waals surface area (Å²) in [6.45, 7) is 16.9. The van der Waals surface area contributed by atoms with E-state index in [0.717, 1.165) is 41.0 Å². The average molecular weight is 480 g/mol. The molecule has 0 N–H and O–H groups in total. The van der Waals surface area contributed by atoms with Crippen LogP contribution in [0.15, 0.2) is 12.2 Å². The molecule has 0 amide bonds. The van der Waals surface area contributed by atoms with Gasteiger partial charge in [0, 0.05) is 0 Å². The summed E-state index contributed by atoms with van der Waals surface area (Å²) in [6, 6.07) is 0. The third-order valence-electron chi connectivity index (χ3n) is 8.98. The number of fused-ring (bicyclic) bond motifs is 5. The third-order valence-corrected chi connectivity index (χ3v) is 12.7. The topological polar surface area (TPSA) is 14.1 Å². The quantitative estimate of drug-likeness (QED) is 0.213. The van der Waals surface area contributed by atoms with Gasteiger partial charge in [-0.3, -0.25) is 0 Å². The molecule has 31 heavy (non-hydrogen) atoms. The van der Waals surface area contributed by atoms with Crippen LogP contribution < -0.4 is 0 Å². The fraction of sp³-hybridized carbons (Fsp3) is 0.821. The molecule has 6 atom stereocenters. The predicted octanol–water partition coefficient (Wildman–Crippen LogP) is 9.29. The van der Waals surface area contributed by atoms with Crippen LogP contribution in [0.3, 0.4) is 0 Å². The van der Waals surface area contributed by atoms with Gasteiger partial charge in [-0.1, -0.05) is 98.3 Å². The Morgan fingerprint density at radius 3 is 1.52 bits per heavy atom. The van der Waals surface area contributed by atoms with Crippen LogP contribution in [0.4, 0.5) is 0 Å². The predicted molar refractivity (Wildman–Crippen MR) is 140 cm³/mol. The summed E-state index contributed by atoms with van der Waals surface area (Å²) in [5.41, 5.74) is 2.77. The monoisotopic (exact) mass is 479 g/mol. The zero-order chi connectivity index (χ0) is 19.4. The van der Waals surface area contributed by atoms with Crippen LogP contribution in [0.5, 0.6) is 0 Å². The molecule has 3 heteroatoms. The molecular weight excluding hydrogens is 426 g/mol. The van der Waals surface area contributed by atoms with Gasteiger partial charge in [-0.05, 0) is 61.2 Å². The van der Waals surface area contributed by atoms with E-state index in [0.29, 0.717) is 0 Å². The second kappa shape index (κ2) is 11.9. The number of allylic oxidation sites excluding steroid dienone is 1. The number of hydrogen-bond donors (Lipinski definition) is 0. The van der Waals surface area contributed by atoms with Crippen LogP contribution in [0.1, 0.15) is 85.0 Å². The van der Waals surface area contributed by atoms with Gasteiger partial charge >= 0.3 is 21.7 Å². The van der Waals surface area contributed by atoms with Gasteiger partial charge in [0.15, 0.2) is 0 Å². The standard InChI is InChI=1S/C25H44NSi.3CH3.Ti/c1-17-19-11-7-9-13-21(19)23-15-18(27(5,6)26-25(2,3)4)16-24(23)22-14-10-8-12-20(17)22;;;;/h18-24H,1,7-16H2,2-6H3;3*1H3;/q4*-1;+4. The summed E-state index contributed by atoms with van der Waals surface area (Å²) in [5.74, 6) is 5.64. The van der Waals surface area contributed by atoms with Gasteiger partial charge < -0.3 is 27.3 Å². The number of hydrogen-bond acceptors (Lipinski definition) is 0. The average Bonchev–Trinajstić information content (AvgIpc) is 3.02. The Hall–Kier alpha value is 0.631. The first-order valence-electron chi connectivity index (χ1n) is 12.1. The van der Waals surface area contributed by atoms with Crippen molar-refractivity contribution in [1.29, 1.82) is 0 Å². The van der Waals surface area contributed by atoms with E-state index < -0.39 is 8.24 Å². The second-order valence-electron chi connectivity index (χ2n) is 12.1. The third kappa shape index (κ3) is 6.40. The van der Waals surface area contributed by atoms with Crippen LogP contribution in [0.25, 0.3) is 4.98 Å². The molecule has 4 fully saturated rings. The molecule has 0 heterocycles. The number of nitrogens with zero attached hydrogens (tertiary/aromatic N) is 1. The second-order valence-corrected chi connectivity index (χ2v) is 16.5. The van der Waals surface area contributed by atoms with E-state index in [2.05, 4.69) is 33.9 Å².